The molecule has 2 aromatic carbocycles. The second-order valence-corrected chi connectivity index (χ2v) is 5.47. The average molecular weight is 326 g/mol. The zero-order valence-electron chi connectivity index (χ0n) is 11.9. The number of ether oxygens (including phenoxy) is 2. The van der Waals surface area contributed by atoms with Gasteiger partial charge in [-0.2, -0.15) is 0 Å². The highest BCUT2D eigenvalue weighted by Crippen LogP contribution is 2.35. The Hall–Kier alpha value is -1.42. The first-order chi connectivity index (χ1) is 10.1. The van der Waals surface area contributed by atoms with Crippen molar-refractivity contribution in [1.82, 2.24) is 0 Å². The molecule has 0 spiro atoms. The maximum atomic E-state index is 6.31. The number of benzene rings is 2. The third kappa shape index (κ3) is 3.62. The molecule has 1 unspecified atom stereocenters. The summed E-state index contributed by atoms with van der Waals surface area (Å²) in [4.78, 5) is 0. The van der Waals surface area contributed by atoms with Gasteiger partial charge in [-0.25, -0.2) is 0 Å². The standard InChI is InChI=1S/C16H17Cl2NO2/c1-20-15-5-3-4-12(16(15)21-2)14(19)8-10-6-7-11(17)9-13(10)18/h3-7,9,14H,8,19H2,1-2H3. The normalized spacial score (nSPS) is 12.0. The van der Waals surface area contributed by atoms with Crippen LogP contribution in [0.15, 0.2) is 36.4 Å². The molecule has 0 aliphatic carbocycles. The summed E-state index contributed by atoms with van der Waals surface area (Å²) in [5.74, 6) is 1.31. The van der Waals surface area contributed by atoms with Crippen LogP contribution < -0.4 is 15.2 Å². The molecule has 0 bridgehead atoms. The molecule has 1 atom stereocenters. The molecule has 0 amide bonds. The molecule has 21 heavy (non-hydrogen) atoms. The zero-order chi connectivity index (χ0) is 15.4. The third-order valence-electron chi connectivity index (χ3n) is 3.29. The molecule has 112 valence electrons. The highest BCUT2D eigenvalue weighted by atomic mass is 35.5. The molecule has 0 saturated heterocycles. The molecule has 0 fully saturated rings. The van der Waals surface area contributed by atoms with E-state index in [4.69, 9.17) is 38.4 Å². The van der Waals surface area contributed by atoms with Crippen LogP contribution in [0.25, 0.3) is 0 Å². The Morgan fingerprint density at radius 3 is 2.48 bits per heavy atom. The maximum absolute atomic E-state index is 6.31. The predicted octanol–water partition coefficient (Wildman–Crippen LogP) is 4.25. The van der Waals surface area contributed by atoms with E-state index >= 15 is 0 Å². The number of methoxy groups -OCH3 is 2. The Morgan fingerprint density at radius 2 is 1.86 bits per heavy atom. The van der Waals surface area contributed by atoms with Crippen molar-refractivity contribution in [2.75, 3.05) is 14.2 Å². The first-order valence-corrected chi connectivity index (χ1v) is 7.22. The number of nitrogens with two attached hydrogens (primary N) is 1. The summed E-state index contributed by atoms with van der Waals surface area (Å²) in [6.07, 6.45) is 0.583. The minimum absolute atomic E-state index is 0.256. The highest BCUT2D eigenvalue weighted by molar-refractivity contribution is 6.35. The van der Waals surface area contributed by atoms with E-state index < -0.39 is 0 Å². The van der Waals surface area contributed by atoms with Crippen molar-refractivity contribution in [3.05, 3.63) is 57.6 Å². The Kier molecular flexibility index (Phi) is 5.34. The van der Waals surface area contributed by atoms with Crippen molar-refractivity contribution < 1.29 is 9.47 Å². The van der Waals surface area contributed by atoms with Crippen molar-refractivity contribution in [3.8, 4) is 11.5 Å². The molecule has 0 heterocycles. The molecule has 0 aromatic heterocycles. The minimum Gasteiger partial charge on any atom is -0.493 e. The number of para-hydroxylation sites is 1. The first kappa shape index (κ1) is 16.0. The van der Waals surface area contributed by atoms with Crippen molar-refractivity contribution in [2.24, 2.45) is 5.73 Å². The Labute approximate surface area is 134 Å². The second-order valence-electron chi connectivity index (χ2n) is 4.63. The number of hydrogen-bond acceptors (Lipinski definition) is 3. The predicted molar refractivity (Wildman–Crippen MR) is 86.6 cm³/mol. The second kappa shape index (κ2) is 7.03. The van der Waals surface area contributed by atoms with Gasteiger partial charge in [0.05, 0.1) is 14.2 Å². The van der Waals surface area contributed by atoms with Crippen molar-refractivity contribution in [1.29, 1.82) is 0 Å². The molecule has 5 heteroatoms. The van der Waals surface area contributed by atoms with Gasteiger partial charge in [0.15, 0.2) is 11.5 Å². The van der Waals surface area contributed by atoms with Crippen LogP contribution in [0.1, 0.15) is 17.2 Å². The van der Waals surface area contributed by atoms with E-state index in [1.807, 2.05) is 24.3 Å². The molecule has 2 rings (SSSR count). The van der Waals surface area contributed by atoms with Gasteiger partial charge in [-0.1, -0.05) is 41.4 Å². The third-order valence-corrected chi connectivity index (χ3v) is 3.87. The fraction of sp³-hybridized carbons (Fsp3) is 0.250. The van der Waals surface area contributed by atoms with Gasteiger partial charge < -0.3 is 15.2 Å². The van der Waals surface area contributed by atoms with Crippen LogP contribution in [0.3, 0.4) is 0 Å². The van der Waals surface area contributed by atoms with Gasteiger partial charge >= 0.3 is 0 Å². The lowest BCUT2D eigenvalue weighted by molar-refractivity contribution is 0.349. The smallest absolute Gasteiger partial charge is 0.165 e. The highest BCUT2D eigenvalue weighted by Gasteiger charge is 2.17. The first-order valence-electron chi connectivity index (χ1n) is 6.47. The van der Waals surface area contributed by atoms with Gasteiger partial charge in [-0.3, -0.25) is 0 Å². The van der Waals surface area contributed by atoms with E-state index in [1.54, 1.807) is 26.4 Å². The van der Waals surface area contributed by atoms with E-state index in [0.29, 0.717) is 28.0 Å². The van der Waals surface area contributed by atoms with Crippen molar-refractivity contribution in [2.45, 2.75) is 12.5 Å². The Morgan fingerprint density at radius 1 is 1.10 bits per heavy atom. The van der Waals surface area contributed by atoms with Crippen molar-refractivity contribution in [3.63, 3.8) is 0 Å². The van der Waals surface area contributed by atoms with Crippen molar-refractivity contribution >= 4 is 23.2 Å². The van der Waals surface area contributed by atoms with Crippen LogP contribution in [-0.2, 0) is 6.42 Å². The molecular weight excluding hydrogens is 309 g/mol. The lowest BCUT2D eigenvalue weighted by atomic mass is 9.98. The van der Waals surface area contributed by atoms with E-state index in [2.05, 4.69) is 0 Å². The molecule has 0 aliphatic heterocycles. The van der Waals surface area contributed by atoms with Crippen LogP contribution in [0.4, 0.5) is 0 Å². The summed E-state index contributed by atoms with van der Waals surface area (Å²) in [5.41, 5.74) is 8.13. The number of hydrogen-bond donors (Lipinski definition) is 1. The maximum Gasteiger partial charge on any atom is 0.165 e. The quantitative estimate of drug-likeness (QED) is 0.893. The van der Waals surface area contributed by atoms with Crippen LogP contribution in [0.5, 0.6) is 11.5 Å². The average Bonchev–Trinajstić information content (AvgIpc) is 2.49. The van der Waals surface area contributed by atoms with Crippen LogP contribution in [0.2, 0.25) is 10.0 Å². The molecular formula is C16H17Cl2NO2. The lowest BCUT2D eigenvalue weighted by Gasteiger charge is -2.18. The van der Waals surface area contributed by atoms with Gasteiger partial charge in [0.1, 0.15) is 0 Å². The van der Waals surface area contributed by atoms with Gasteiger partial charge in [0.25, 0.3) is 0 Å². The van der Waals surface area contributed by atoms with E-state index in [0.717, 1.165) is 11.1 Å². The Bertz CT molecular complexity index is 632. The Balaban J connectivity index is 2.30. The summed E-state index contributed by atoms with van der Waals surface area (Å²) >= 11 is 12.1. The number of rotatable bonds is 5. The molecule has 0 saturated carbocycles. The summed E-state index contributed by atoms with van der Waals surface area (Å²) < 4.78 is 10.7. The van der Waals surface area contributed by atoms with Gasteiger partial charge in [-0.15, -0.1) is 0 Å². The van der Waals surface area contributed by atoms with Gasteiger partial charge in [0, 0.05) is 21.7 Å². The van der Waals surface area contributed by atoms with E-state index in [-0.39, 0.29) is 6.04 Å². The van der Waals surface area contributed by atoms with Crippen LogP contribution >= 0.6 is 23.2 Å². The molecule has 0 radical (unpaired) electrons. The summed E-state index contributed by atoms with van der Waals surface area (Å²) in [6.45, 7) is 0. The largest absolute Gasteiger partial charge is 0.493 e. The van der Waals surface area contributed by atoms with E-state index in [1.165, 1.54) is 0 Å². The number of halogens is 2. The molecule has 2 aromatic rings. The van der Waals surface area contributed by atoms with Crippen LogP contribution in [0, 0.1) is 0 Å². The van der Waals surface area contributed by atoms with Gasteiger partial charge in [0.2, 0.25) is 0 Å². The summed E-state index contributed by atoms with van der Waals surface area (Å²) in [5, 5.41) is 1.22. The SMILES string of the molecule is COc1cccc(C(N)Cc2ccc(Cl)cc2Cl)c1OC. The van der Waals surface area contributed by atoms with Gasteiger partial charge in [-0.05, 0) is 30.2 Å². The molecule has 2 N–H and O–H groups in total. The van der Waals surface area contributed by atoms with Crippen LogP contribution in [-0.4, -0.2) is 14.2 Å². The summed E-state index contributed by atoms with van der Waals surface area (Å²) in [6, 6.07) is 10.8. The zero-order valence-corrected chi connectivity index (χ0v) is 13.4. The fourth-order valence-corrected chi connectivity index (χ4v) is 2.72. The molecule has 3 nitrogen and oxygen atoms in total. The van der Waals surface area contributed by atoms with E-state index in [9.17, 15) is 0 Å². The monoisotopic (exact) mass is 325 g/mol. The topological polar surface area (TPSA) is 44.5 Å². The minimum atomic E-state index is -0.256. The summed E-state index contributed by atoms with van der Waals surface area (Å²) in [7, 11) is 3.20. The molecule has 0 aliphatic rings. The lowest BCUT2D eigenvalue weighted by Crippen LogP contribution is -2.15. The fourth-order valence-electron chi connectivity index (χ4n) is 2.24.